The van der Waals surface area contributed by atoms with Gasteiger partial charge in [0, 0.05) is 17.6 Å². The molecule has 1 aliphatic heterocycles. The minimum absolute atomic E-state index is 0.297. The molecular weight excluding hydrogens is 374 g/mol. The van der Waals surface area contributed by atoms with Crippen LogP contribution in [0.15, 0.2) is 11.1 Å². The zero-order valence-corrected chi connectivity index (χ0v) is 19.3. The maximum absolute atomic E-state index is 12.4. The number of hydrogen-bond acceptors (Lipinski definition) is 3. The summed E-state index contributed by atoms with van der Waals surface area (Å²) in [6, 6.07) is 0. The summed E-state index contributed by atoms with van der Waals surface area (Å²) in [4.78, 5) is 38.1. The van der Waals surface area contributed by atoms with Crippen LogP contribution in [0, 0.1) is 0 Å². The third-order valence-electron chi connectivity index (χ3n) is 6.63. The van der Waals surface area contributed by atoms with E-state index in [2.05, 4.69) is 6.92 Å². The monoisotopic (exact) mass is 417 g/mol. The fourth-order valence-electron chi connectivity index (χ4n) is 4.73. The molecule has 0 aromatic carbocycles. The molecule has 0 radical (unpaired) electrons. The van der Waals surface area contributed by atoms with Gasteiger partial charge in [0.25, 0.3) is 11.8 Å². The predicted octanol–water partition coefficient (Wildman–Crippen LogP) is 7.01. The Balaban J connectivity index is 1.42. The SMILES string of the molecule is CCCCCCCCCCCCCCCCCC(=O)N1C(=O)C2=C(CCCC2)C1=O. The van der Waals surface area contributed by atoms with E-state index < -0.39 is 0 Å². The second kappa shape index (κ2) is 14.5. The molecule has 2 rings (SSSR count). The van der Waals surface area contributed by atoms with Crippen molar-refractivity contribution in [2.75, 3.05) is 0 Å². The van der Waals surface area contributed by atoms with E-state index in [1.54, 1.807) is 0 Å². The standard InChI is InChI=1S/C26H43NO3/c1-2-3-4-5-6-7-8-9-10-11-12-13-14-15-16-21-24(28)27-25(29)22-19-17-18-20-23(22)26(27)30/h2-21H2,1H3. The van der Waals surface area contributed by atoms with Gasteiger partial charge >= 0.3 is 0 Å². The first-order valence-electron chi connectivity index (χ1n) is 12.8. The molecule has 0 fully saturated rings. The van der Waals surface area contributed by atoms with Crippen molar-refractivity contribution in [2.24, 2.45) is 0 Å². The van der Waals surface area contributed by atoms with Crippen molar-refractivity contribution in [3.05, 3.63) is 11.1 Å². The van der Waals surface area contributed by atoms with Crippen LogP contribution in [0.25, 0.3) is 0 Å². The smallest absolute Gasteiger partial charge is 0.263 e. The molecule has 0 saturated carbocycles. The fourth-order valence-corrected chi connectivity index (χ4v) is 4.73. The summed E-state index contributed by atoms with van der Waals surface area (Å²) in [5.41, 5.74) is 1.21. The normalized spacial score (nSPS) is 16.5. The predicted molar refractivity (Wildman–Crippen MR) is 122 cm³/mol. The number of amides is 3. The molecule has 4 heteroatoms. The zero-order valence-electron chi connectivity index (χ0n) is 19.3. The van der Waals surface area contributed by atoms with Crippen LogP contribution in [0.5, 0.6) is 0 Å². The van der Waals surface area contributed by atoms with Gasteiger partial charge in [-0.05, 0) is 32.1 Å². The number of carbonyl (C=O) groups excluding carboxylic acids is 3. The van der Waals surface area contributed by atoms with Crippen LogP contribution < -0.4 is 0 Å². The summed E-state index contributed by atoms with van der Waals surface area (Å²) >= 11 is 0. The van der Waals surface area contributed by atoms with Crippen molar-refractivity contribution < 1.29 is 14.4 Å². The Labute approximate surface area is 183 Å². The van der Waals surface area contributed by atoms with Gasteiger partial charge in [0.1, 0.15) is 0 Å². The van der Waals surface area contributed by atoms with E-state index in [4.69, 9.17) is 0 Å². The number of hydrogen-bond donors (Lipinski definition) is 0. The van der Waals surface area contributed by atoms with Gasteiger partial charge in [-0.25, -0.2) is 4.90 Å². The molecule has 1 aliphatic carbocycles. The van der Waals surface area contributed by atoms with Crippen molar-refractivity contribution in [1.82, 2.24) is 4.90 Å². The van der Waals surface area contributed by atoms with Gasteiger partial charge in [0.2, 0.25) is 5.91 Å². The number of carbonyl (C=O) groups is 3. The summed E-state index contributed by atoms with van der Waals surface area (Å²) in [7, 11) is 0. The van der Waals surface area contributed by atoms with E-state index in [9.17, 15) is 14.4 Å². The van der Waals surface area contributed by atoms with Crippen molar-refractivity contribution in [2.45, 2.75) is 135 Å². The van der Waals surface area contributed by atoms with Gasteiger partial charge in [0.15, 0.2) is 0 Å². The van der Waals surface area contributed by atoms with Crippen LogP contribution in [0.3, 0.4) is 0 Å². The average molecular weight is 418 g/mol. The Morgan fingerprint density at radius 1 is 0.633 bits per heavy atom. The molecule has 0 atom stereocenters. The van der Waals surface area contributed by atoms with Gasteiger partial charge < -0.3 is 0 Å². The second-order valence-corrected chi connectivity index (χ2v) is 9.20. The Hall–Kier alpha value is -1.45. The van der Waals surface area contributed by atoms with Crippen LogP contribution in [0.2, 0.25) is 0 Å². The van der Waals surface area contributed by atoms with Crippen LogP contribution in [-0.2, 0) is 14.4 Å². The molecule has 0 aromatic heterocycles. The highest BCUT2D eigenvalue weighted by Gasteiger charge is 2.41. The molecule has 0 bridgehead atoms. The Kier molecular flexibility index (Phi) is 12.0. The number of unbranched alkanes of at least 4 members (excludes halogenated alkanes) is 14. The van der Waals surface area contributed by atoms with Crippen LogP contribution in [0.1, 0.15) is 135 Å². The van der Waals surface area contributed by atoms with Crippen LogP contribution in [0.4, 0.5) is 0 Å². The molecule has 30 heavy (non-hydrogen) atoms. The molecule has 0 saturated heterocycles. The van der Waals surface area contributed by atoms with E-state index in [0.717, 1.165) is 37.0 Å². The minimum atomic E-state index is -0.333. The molecular formula is C26H43NO3. The quantitative estimate of drug-likeness (QED) is 0.200. The lowest BCUT2D eigenvalue weighted by atomic mass is 9.93. The number of imide groups is 3. The lowest BCUT2D eigenvalue weighted by Crippen LogP contribution is -2.37. The topological polar surface area (TPSA) is 54.5 Å². The van der Waals surface area contributed by atoms with E-state index in [-0.39, 0.29) is 17.7 Å². The van der Waals surface area contributed by atoms with E-state index in [1.807, 2.05) is 0 Å². The Morgan fingerprint density at radius 2 is 1.00 bits per heavy atom. The Bertz CT molecular complexity index is 565. The third kappa shape index (κ3) is 8.00. The third-order valence-corrected chi connectivity index (χ3v) is 6.63. The van der Waals surface area contributed by atoms with Crippen molar-refractivity contribution >= 4 is 17.7 Å². The first-order chi connectivity index (χ1) is 14.7. The van der Waals surface area contributed by atoms with E-state index in [1.165, 1.54) is 77.0 Å². The number of nitrogens with zero attached hydrogens (tertiary/aromatic N) is 1. The first kappa shape index (κ1) is 24.8. The zero-order chi connectivity index (χ0) is 21.6. The molecule has 0 aromatic rings. The fraction of sp³-hybridized carbons (Fsp3) is 0.808. The maximum atomic E-state index is 12.4. The van der Waals surface area contributed by atoms with Crippen LogP contribution in [-0.4, -0.2) is 22.6 Å². The highest BCUT2D eigenvalue weighted by atomic mass is 16.2. The van der Waals surface area contributed by atoms with Crippen molar-refractivity contribution in [3.63, 3.8) is 0 Å². The Morgan fingerprint density at radius 3 is 1.40 bits per heavy atom. The molecule has 170 valence electrons. The number of rotatable bonds is 16. The highest BCUT2D eigenvalue weighted by Crippen LogP contribution is 2.33. The molecule has 2 aliphatic rings. The summed E-state index contributed by atoms with van der Waals surface area (Å²) in [5.74, 6) is -0.963. The van der Waals surface area contributed by atoms with Crippen molar-refractivity contribution in [3.8, 4) is 0 Å². The largest absolute Gasteiger partial charge is 0.274 e. The lowest BCUT2D eigenvalue weighted by Gasteiger charge is -2.12. The van der Waals surface area contributed by atoms with E-state index >= 15 is 0 Å². The van der Waals surface area contributed by atoms with Gasteiger partial charge in [0.05, 0.1) is 0 Å². The lowest BCUT2D eigenvalue weighted by molar-refractivity contribution is -0.148. The van der Waals surface area contributed by atoms with Gasteiger partial charge in [-0.3, -0.25) is 14.4 Å². The van der Waals surface area contributed by atoms with Crippen LogP contribution >= 0.6 is 0 Å². The summed E-state index contributed by atoms with van der Waals surface area (Å²) in [6.45, 7) is 2.27. The molecule has 3 amide bonds. The molecule has 1 heterocycles. The minimum Gasteiger partial charge on any atom is -0.274 e. The molecule has 0 unspecified atom stereocenters. The van der Waals surface area contributed by atoms with E-state index in [0.29, 0.717) is 30.4 Å². The summed E-state index contributed by atoms with van der Waals surface area (Å²) in [6.07, 6.45) is 22.7. The first-order valence-corrected chi connectivity index (χ1v) is 12.8. The van der Waals surface area contributed by atoms with Crippen molar-refractivity contribution in [1.29, 1.82) is 0 Å². The summed E-state index contributed by atoms with van der Waals surface area (Å²) in [5, 5.41) is 0. The van der Waals surface area contributed by atoms with Gasteiger partial charge in [-0.15, -0.1) is 0 Å². The molecule has 0 spiro atoms. The average Bonchev–Trinajstić information content (AvgIpc) is 3.01. The molecule has 0 N–H and O–H groups in total. The van der Waals surface area contributed by atoms with Gasteiger partial charge in [-0.2, -0.15) is 0 Å². The second-order valence-electron chi connectivity index (χ2n) is 9.20. The van der Waals surface area contributed by atoms with Gasteiger partial charge in [-0.1, -0.05) is 96.8 Å². The summed E-state index contributed by atoms with van der Waals surface area (Å²) < 4.78 is 0. The molecule has 4 nitrogen and oxygen atoms in total. The highest BCUT2D eigenvalue weighted by molar-refractivity contribution is 6.27. The maximum Gasteiger partial charge on any atom is 0.263 e.